The van der Waals surface area contributed by atoms with Crippen molar-refractivity contribution in [3.63, 3.8) is 0 Å². The summed E-state index contributed by atoms with van der Waals surface area (Å²) in [5.74, 6) is 5.26. The molecule has 0 atom stereocenters. The highest BCUT2D eigenvalue weighted by Gasteiger charge is 2.03. The predicted molar refractivity (Wildman–Crippen MR) is 46.8 cm³/mol. The van der Waals surface area contributed by atoms with Crippen molar-refractivity contribution in [2.24, 2.45) is 5.73 Å². The van der Waals surface area contributed by atoms with Crippen LogP contribution < -0.4 is 5.73 Å². The maximum atomic E-state index is 10.2. The van der Waals surface area contributed by atoms with Crippen molar-refractivity contribution in [3.05, 3.63) is 34.1 Å². The first-order chi connectivity index (χ1) is 6.24. The number of nitrogens with zero attached hydrogens (tertiary/aromatic N) is 2. The maximum absolute atomic E-state index is 10.2. The van der Waals surface area contributed by atoms with Crippen LogP contribution in [-0.2, 0) is 0 Å². The number of nitrogens with two attached hydrogens (primary N) is 1. The van der Waals surface area contributed by atoms with Gasteiger partial charge in [0.15, 0.2) is 0 Å². The average Bonchev–Trinajstić information content (AvgIpc) is 2.15. The highest BCUT2D eigenvalue weighted by molar-refractivity contribution is 5.34. The third-order valence-corrected chi connectivity index (χ3v) is 1.28. The third kappa shape index (κ3) is 2.54. The first-order valence-corrected chi connectivity index (χ1v) is 3.53. The van der Waals surface area contributed by atoms with Crippen LogP contribution in [0.15, 0.2) is 18.3 Å². The number of pyridine rings is 1. The maximum Gasteiger partial charge on any atom is 0.287 e. The normalized spacial score (nSPS) is 8.69. The van der Waals surface area contributed by atoms with Crippen LogP contribution in [0.2, 0.25) is 0 Å². The van der Waals surface area contributed by atoms with Crippen LogP contribution in [0.25, 0.3) is 0 Å². The van der Waals surface area contributed by atoms with E-state index in [1.807, 2.05) is 0 Å². The second-order valence-corrected chi connectivity index (χ2v) is 2.16. The van der Waals surface area contributed by atoms with E-state index in [9.17, 15) is 10.1 Å². The second kappa shape index (κ2) is 4.18. The van der Waals surface area contributed by atoms with Gasteiger partial charge in [-0.1, -0.05) is 5.92 Å². The van der Waals surface area contributed by atoms with Crippen molar-refractivity contribution in [2.45, 2.75) is 0 Å². The van der Waals surface area contributed by atoms with Crippen molar-refractivity contribution >= 4 is 5.69 Å². The fraction of sp³-hybridized carbons (Fsp3) is 0.125. The first kappa shape index (κ1) is 9.16. The molecule has 0 radical (unpaired) electrons. The third-order valence-electron chi connectivity index (χ3n) is 1.28. The lowest BCUT2D eigenvalue weighted by atomic mass is 10.3. The minimum Gasteiger partial charge on any atom is -0.320 e. The molecule has 1 aromatic heterocycles. The fourth-order valence-corrected chi connectivity index (χ4v) is 0.710. The number of hydrogen-bond acceptors (Lipinski definition) is 4. The first-order valence-electron chi connectivity index (χ1n) is 3.53. The average molecular weight is 177 g/mol. The van der Waals surface area contributed by atoms with E-state index in [0.29, 0.717) is 5.69 Å². The number of aromatic nitrogens is 1. The monoisotopic (exact) mass is 177 g/mol. The molecule has 0 aromatic carbocycles. The van der Waals surface area contributed by atoms with Gasteiger partial charge in [0.05, 0.1) is 11.5 Å². The lowest BCUT2D eigenvalue weighted by molar-refractivity contribution is -0.385. The van der Waals surface area contributed by atoms with E-state index >= 15 is 0 Å². The van der Waals surface area contributed by atoms with Gasteiger partial charge in [0, 0.05) is 6.07 Å². The molecule has 1 rings (SSSR count). The molecule has 5 nitrogen and oxygen atoms in total. The van der Waals surface area contributed by atoms with Crippen LogP contribution in [0.4, 0.5) is 5.69 Å². The van der Waals surface area contributed by atoms with Gasteiger partial charge in [0.25, 0.3) is 5.69 Å². The quantitative estimate of drug-likeness (QED) is 0.380. The summed E-state index contributed by atoms with van der Waals surface area (Å²) in [6.45, 7) is 0.249. The van der Waals surface area contributed by atoms with Gasteiger partial charge >= 0.3 is 0 Å². The lowest BCUT2D eigenvalue weighted by Gasteiger charge is -1.89. The molecule has 0 saturated carbocycles. The summed E-state index contributed by atoms with van der Waals surface area (Å²) in [4.78, 5) is 13.5. The molecular formula is C8H7N3O2. The lowest BCUT2D eigenvalue weighted by Crippen LogP contribution is -1.94. The van der Waals surface area contributed by atoms with Crippen molar-refractivity contribution in [2.75, 3.05) is 6.54 Å². The Hall–Kier alpha value is -1.93. The molecular weight excluding hydrogens is 170 g/mol. The summed E-state index contributed by atoms with van der Waals surface area (Å²) >= 11 is 0. The molecule has 13 heavy (non-hydrogen) atoms. The minimum atomic E-state index is -0.507. The van der Waals surface area contributed by atoms with Gasteiger partial charge in [-0.15, -0.1) is 0 Å². The van der Waals surface area contributed by atoms with E-state index in [4.69, 9.17) is 5.73 Å². The summed E-state index contributed by atoms with van der Waals surface area (Å²) in [6, 6.07) is 2.84. The Kier molecular flexibility index (Phi) is 2.95. The van der Waals surface area contributed by atoms with Gasteiger partial charge in [-0.2, -0.15) is 0 Å². The minimum absolute atomic E-state index is 0.0432. The topological polar surface area (TPSA) is 82.0 Å². The zero-order valence-corrected chi connectivity index (χ0v) is 6.73. The van der Waals surface area contributed by atoms with Crippen molar-refractivity contribution < 1.29 is 4.92 Å². The molecule has 66 valence electrons. The summed E-state index contributed by atoms with van der Waals surface area (Å²) in [7, 11) is 0. The number of rotatable bonds is 1. The van der Waals surface area contributed by atoms with E-state index in [1.54, 1.807) is 0 Å². The molecule has 0 unspecified atom stereocenters. The smallest absolute Gasteiger partial charge is 0.287 e. The summed E-state index contributed by atoms with van der Waals surface area (Å²) < 4.78 is 0. The molecule has 0 saturated heterocycles. The number of hydrogen-bond donors (Lipinski definition) is 1. The molecule has 0 aliphatic heterocycles. The number of nitro groups is 1. The molecule has 0 spiro atoms. The Morgan fingerprint density at radius 1 is 1.62 bits per heavy atom. The van der Waals surface area contributed by atoms with Crippen molar-refractivity contribution in [1.82, 2.24) is 4.98 Å². The molecule has 0 amide bonds. The Labute approximate surface area is 74.7 Å². The predicted octanol–water partition coefficient (Wildman–Crippen LogP) is 0.300. The van der Waals surface area contributed by atoms with Gasteiger partial charge in [-0.05, 0) is 12.0 Å². The van der Waals surface area contributed by atoms with Gasteiger partial charge < -0.3 is 5.73 Å². The molecule has 2 N–H and O–H groups in total. The Balaban J connectivity index is 2.87. The zero-order chi connectivity index (χ0) is 9.68. The van der Waals surface area contributed by atoms with Crippen LogP contribution in [0.5, 0.6) is 0 Å². The molecule has 1 heterocycles. The summed E-state index contributed by atoms with van der Waals surface area (Å²) in [5, 5.41) is 10.2. The van der Waals surface area contributed by atoms with Crippen LogP contribution in [0.1, 0.15) is 5.69 Å². The van der Waals surface area contributed by atoms with E-state index in [2.05, 4.69) is 16.8 Å². The zero-order valence-electron chi connectivity index (χ0n) is 6.73. The van der Waals surface area contributed by atoms with Gasteiger partial charge in [0.2, 0.25) is 0 Å². The Morgan fingerprint density at radius 3 is 2.85 bits per heavy atom. The van der Waals surface area contributed by atoms with E-state index in [0.717, 1.165) is 0 Å². The molecule has 5 heteroatoms. The van der Waals surface area contributed by atoms with E-state index in [1.165, 1.54) is 18.3 Å². The SMILES string of the molecule is NCC#Cc1ccc([N+](=O)[O-])cn1. The van der Waals surface area contributed by atoms with Crippen LogP contribution >= 0.6 is 0 Å². The summed E-state index contributed by atoms with van der Waals surface area (Å²) in [6.07, 6.45) is 1.17. The molecule has 1 aromatic rings. The highest BCUT2D eigenvalue weighted by Crippen LogP contribution is 2.07. The Morgan fingerprint density at radius 2 is 2.38 bits per heavy atom. The Bertz CT molecular complexity index is 361. The fourth-order valence-electron chi connectivity index (χ4n) is 0.710. The molecule has 0 aliphatic carbocycles. The van der Waals surface area contributed by atoms with E-state index < -0.39 is 4.92 Å². The molecule has 0 fully saturated rings. The van der Waals surface area contributed by atoms with Crippen molar-refractivity contribution in [3.8, 4) is 11.8 Å². The van der Waals surface area contributed by atoms with Gasteiger partial charge in [0.1, 0.15) is 11.9 Å². The van der Waals surface area contributed by atoms with Crippen molar-refractivity contribution in [1.29, 1.82) is 0 Å². The van der Waals surface area contributed by atoms with Crippen LogP contribution in [-0.4, -0.2) is 16.5 Å². The summed E-state index contributed by atoms with van der Waals surface area (Å²) in [5.41, 5.74) is 5.58. The molecule has 0 aliphatic rings. The largest absolute Gasteiger partial charge is 0.320 e. The van der Waals surface area contributed by atoms with E-state index in [-0.39, 0.29) is 12.2 Å². The second-order valence-electron chi connectivity index (χ2n) is 2.16. The van der Waals surface area contributed by atoms with Crippen LogP contribution in [0, 0.1) is 22.0 Å². The van der Waals surface area contributed by atoms with Crippen LogP contribution in [0.3, 0.4) is 0 Å². The molecule has 0 bridgehead atoms. The van der Waals surface area contributed by atoms with Gasteiger partial charge in [-0.3, -0.25) is 10.1 Å². The highest BCUT2D eigenvalue weighted by atomic mass is 16.6. The standard InChI is InChI=1S/C8H7N3O2/c9-5-1-2-7-3-4-8(6-10-7)11(12)13/h3-4,6H,5,9H2. The van der Waals surface area contributed by atoms with Gasteiger partial charge in [-0.25, -0.2) is 4.98 Å².